The standard InChI is InChI=1S/C15H13N3O2/c1-20-13-4-2-3-11(7-13)8-15-17-16-14-6-5-12(10-19)9-18(14)15/h2-7,9-10H,8H2,1H3. The van der Waals surface area contributed by atoms with E-state index >= 15 is 0 Å². The van der Waals surface area contributed by atoms with E-state index in [9.17, 15) is 4.79 Å². The zero-order valence-corrected chi connectivity index (χ0v) is 11.0. The first-order chi connectivity index (χ1) is 9.80. The van der Waals surface area contributed by atoms with Crippen LogP contribution in [-0.2, 0) is 6.42 Å². The molecule has 0 amide bonds. The van der Waals surface area contributed by atoms with Crippen molar-refractivity contribution >= 4 is 11.9 Å². The van der Waals surface area contributed by atoms with Crippen LogP contribution in [-0.4, -0.2) is 28.0 Å². The molecule has 100 valence electrons. The number of carbonyl (C=O) groups excluding carboxylic acids is 1. The highest BCUT2D eigenvalue weighted by Crippen LogP contribution is 2.16. The maximum absolute atomic E-state index is 10.9. The van der Waals surface area contributed by atoms with Crippen molar-refractivity contribution in [2.75, 3.05) is 7.11 Å². The fourth-order valence-electron chi connectivity index (χ4n) is 2.11. The van der Waals surface area contributed by atoms with Gasteiger partial charge in [-0.2, -0.15) is 0 Å². The lowest BCUT2D eigenvalue weighted by Gasteiger charge is -2.04. The summed E-state index contributed by atoms with van der Waals surface area (Å²) in [5.74, 6) is 1.60. The maximum Gasteiger partial charge on any atom is 0.160 e. The van der Waals surface area contributed by atoms with Gasteiger partial charge in [0.25, 0.3) is 0 Å². The molecule has 0 bridgehead atoms. The van der Waals surface area contributed by atoms with Crippen LogP contribution in [0.5, 0.6) is 5.75 Å². The van der Waals surface area contributed by atoms with Crippen molar-refractivity contribution < 1.29 is 9.53 Å². The van der Waals surface area contributed by atoms with Crippen LogP contribution in [0.4, 0.5) is 0 Å². The number of aromatic nitrogens is 3. The third-order valence-corrected chi connectivity index (χ3v) is 3.13. The van der Waals surface area contributed by atoms with Gasteiger partial charge in [0.2, 0.25) is 0 Å². The summed E-state index contributed by atoms with van der Waals surface area (Å²) in [5, 5.41) is 8.28. The molecule has 3 rings (SSSR count). The molecule has 0 atom stereocenters. The number of rotatable bonds is 4. The molecule has 0 N–H and O–H groups in total. The molecule has 1 aromatic carbocycles. The molecule has 0 radical (unpaired) electrons. The van der Waals surface area contributed by atoms with Crippen molar-refractivity contribution in [2.24, 2.45) is 0 Å². The Kier molecular flexibility index (Phi) is 3.16. The molecule has 0 fully saturated rings. The Morgan fingerprint density at radius 2 is 2.15 bits per heavy atom. The topological polar surface area (TPSA) is 56.5 Å². The number of ether oxygens (including phenoxy) is 1. The minimum absolute atomic E-state index is 0.601. The van der Waals surface area contributed by atoms with Crippen molar-refractivity contribution in [3.05, 3.63) is 59.5 Å². The number of hydrogen-bond donors (Lipinski definition) is 0. The Balaban J connectivity index is 1.99. The lowest BCUT2D eigenvalue weighted by Crippen LogP contribution is -1.98. The van der Waals surface area contributed by atoms with Crippen LogP contribution >= 0.6 is 0 Å². The molecule has 0 aliphatic rings. The molecule has 0 spiro atoms. The Bertz CT molecular complexity index is 765. The molecule has 20 heavy (non-hydrogen) atoms. The minimum atomic E-state index is 0.601. The molecule has 2 aromatic heterocycles. The molecule has 0 unspecified atom stereocenters. The summed E-state index contributed by atoms with van der Waals surface area (Å²) >= 11 is 0. The zero-order valence-electron chi connectivity index (χ0n) is 11.0. The van der Waals surface area contributed by atoms with E-state index in [2.05, 4.69) is 10.2 Å². The van der Waals surface area contributed by atoms with Gasteiger partial charge in [0, 0.05) is 18.2 Å². The van der Waals surface area contributed by atoms with Gasteiger partial charge in [-0.25, -0.2) is 0 Å². The fraction of sp³-hybridized carbons (Fsp3) is 0.133. The van der Waals surface area contributed by atoms with Gasteiger partial charge >= 0.3 is 0 Å². The van der Waals surface area contributed by atoms with Crippen molar-refractivity contribution in [1.29, 1.82) is 0 Å². The molecule has 0 aliphatic heterocycles. The van der Waals surface area contributed by atoms with Gasteiger partial charge in [0.15, 0.2) is 11.9 Å². The number of pyridine rings is 1. The third kappa shape index (κ3) is 2.25. The first-order valence-electron chi connectivity index (χ1n) is 6.22. The largest absolute Gasteiger partial charge is 0.497 e. The normalized spacial score (nSPS) is 10.7. The van der Waals surface area contributed by atoms with Gasteiger partial charge in [0.1, 0.15) is 11.6 Å². The van der Waals surface area contributed by atoms with E-state index in [4.69, 9.17) is 4.74 Å². The fourth-order valence-corrected chi connectivity index (χ4v) is 2.11. The average molecular weight is 267 g/mol. The Labute approximate surface area is 115 Å². The second kappa shape index (κ2) is 5.13. The van der Waals surface area contributed by atoms with E-state index in [0.29, 0.717) is 12.0 Å². The molecule has 2 heterocycles. The summed E-state index contributed by atoms with van der Waals surface area (Å²) in [6.45, 7) is 0. The quantitative estimate of drug-likeness (QED) is 0.680. The van der Waals surface area contributed by atoms with E-state index in [1.165, 1.54) is 0 Å². The smallest absolute Gasteiger partial charge is 0.160 e. The molecule has 0 saturated carbocycles. The van der Waals surface area contributed by atoms with Crippen molar-refractivity contribution in [1.82, 2.24) is 14.6 Å². The first kappa shape index (κ1) is 12.3. The summed E-state index contributed by atoms with van der Waals surface area (Å²) in [4.78, 5) is 10.9. The zero-order chi connectivity index (χ0) is 13.9. The number of nitrogens with zero attached hydrogens (tertiary/aromatic N) is 3. The van der Waals surface area contributed by atoms with Gasteiger partial charge < -0.3 is 4.74 Å². The summed E-state index contributed by atoms with van der Waals surface area (Å²) in [7, 11) is 1.64. The number of aldehydes is 1. The van der Waals surface area contributed by atoms with Crippen LogP contribution in [0.15, 0.2) is 42.6 Å². The van der Waals surface area contributed by atoms with Gasteiger partial charge in [-0.1, -0.05) is 12.1 Å². The average Bonchev–Trinajstić information content (AvgIpc) is 2.89. The van der Waals surface area contributed by atoms with E-state index in [1.54, 1.807) is 25.4 Å². The number of benzene rings is 1. The number of carbonyl (C=O) groups is 1. The van der Waals surface area contributed by atoms with Gasteiger partial charge in [-0.3, -0.25) is 9.20 Å². The second-order valence-electron chi connectivity index (χ2n) is 4.45. The van der Waals surface area contributed by atoms with Crippen molar-refractivity contribution in [2.45, 2.75) is 6.42 Å². The highest BCUT2D eigenvalue weighted by molar-refractivity contribution is 5.74. The van der Waals surface area contributed by atoms with E-state index in [0.717, 1.165) is 29.1 Å². The Morgan fingerprint density at radius 1 is 1.25 bits per heavy atom. The lowest BCUT2D eigenvalue weighted by molar-refractivity contribution is 0.112. The molecule has 0 saturated heterocycles. The van der Waals surface area contributed by atoms with Crippen LogP contribution < -0.4 is 4.74 Å². The molecule has 5 heteroatoms. The van der Waals surface area contributed by atoms with E-state index in [-0.39, 0.29) is 0 Å². The molecule has 0 aliphatic carbocycles. The van der Waals surface area contributed by atoms with Crippen LogP contribution in [0.1, 0.15) is 21.7 Å². The Morgan fingerprint density at radius 3 is 2.95 bits per heavy atom. The molecule has 3 aromatic rings. The number of methoxy groups -OCH3 is 1. The highest BCUT2D eigenvalue weighted by Gasteiger charge is 2.07. The predicted octanol–water partition coefficient (Wildman–Crippen LogP) is 2.14. The van der Waals surface area contributed by atoms with Crippen LogP contribution in [0.25, 0.3) is 5.65 Å². The SMILES string of the molecule is COc1cccc(Cc2nnc3ccc(C=O)cn23)c1. The molecular weight excluding hydrogens is 254 g/mol. The number of fused-ring (bicyclic) bond motifs is 1. The van der Waals surface area contributed by atoms with Gasteiger partial charge in [-0.15, -0.1) is 10.2 Å². The van der Waals surface area contributed by atoms with E-state index in [1.807, 2.05) is 28.7 Å². The van der Waals surface area contributed by atoms with Crippen molar-refractivity contribution in [3.8, 4) is 5.75 Å². The Hall–Kier alpha value is -2.69. The minimum Gasteiger partial charge on any atom is -0.497 e. The van der Waals surface area contributed by atoms with Crippen LogP contribution in [0.3, 0.4) is 0 Å². The summed E-state index contributed by atoms with van der Waals surface area (Å²) in [6, 6.07) is 11.3. The van der Waals surface area contributed by atoms with E-state index < -0.39 is 0 Å². The summed E-state index contributed by atoms with van der Waals surface area (Å²) in [5.41, 5.74) is 2.41. The van der Waals surface area contributed by atoms with Crippen molar-refractivity contribution in [3.63, 3.8) is 0 Å². The van der Waals surface area contributed by atoms with Gasteiger partial charge in [-0.05, 0) is 29.8 Å². The molecular formula is C15H13N3O2. The predicted molar refractivity (Wildman–Crippen MR) is 74.2 cm³/mol. The maximum atomic E-state index is 10.9. The van der Waals surface area contributed by atoms with Crippen LogP contribution in [0.2, 0.25) is 0 Å². The molecule has 5 nitrogen and oxygen atoms in total. The first-order valence-corrected chi connectivity index (χ1v) is 6.22. The third-order valence-electron chi connectivity index (χ3n) is 3.13. The van der Waals surface area contributed by atoms with Gasteiger partial charge in [0.05, 0.1) is 7.11 Å². The highest BCUT2D eigenvalue weighted by atomic mass is 16.5. The van der Waals surface area contributed by atoms with Crippen LogP contribution in [0, 0.1) is 0 Å². The second-order valence-corrected chi connectivity index (χ2v) is 4.45. The summed E-state index contributed by atoms with van der Waals surface area (Å²) < 4.78 is 7.05. The lowest BCUT2D eigenvalue weighted by atomic mass is 10.1. The summed E-state index contributed by atoms with van der Waals surface area (Å²) in [6.07, 6.45) is 3.19. The monoisotopic (exact) mass is 267 g/mol. The number of hydrogen-bond acceptors (Lipinski definition) is 4.